The second-order valence-corrected chi connectivity index (χ2v) is 7.73. The Kier molecular flexibility index (Phi) is 5.47. The maximum atomic E-state index is 12.4. The number of hydrogen-bond donors (Lipinski definition) is 1. The van der Waals surface area contributed by atoms with Gasteiger partial charge in [-0.15, -0.1) is 0 Å². The molecule has 0 bridgehead atoms. The molecule has 0 saturated carbocycles. The standard InChI is InChI=1S/C18H15Cl2N3OS/c1-10-7-16(22-15-6-4-3-5-13(10)15)25-11(2)18(24)23-17-14(20)8-12(19)9-21-17/h3-9,11H,1-2H3,(H,21,23,24)/t11-/m1/s1. The van der Waals surface area contributed by atoms with Crippen LogP contribution in [0.15, 0.2) is 47.6 Å². The minimum Gasteiger partial charge on any atom is -0.308 e. The lowest BCUT2D eigenvalue weighted by atomic mass is 10.1. The maximum absolute atomic E-state index is 12.4. The number of aromatic nitrogens is 2. The molecule has 0 radical (unpaired) electrons. The van der Waals surface area contributed by atoms with Crippen LogP contribution in [0.1, 0.15) is 12.5 Å². The summed E-state index contributed by atoms with van der Waals surface area (Å²) in [5.41, 5.74) is 2.04. The van der Waals surface area contributed by atoms with Crippen LogP contribution in [-0.4, -0.2) is 21.1 Å². The second-order valence-electron chi connectivity index (χ2n) is 5.53. The highest BCUT2D eigenvalue weighted by Gasteiger charge is 2.18. The fraction of sp³-hybridized carbons (Fsp3) is 0.167. The van der Waals surface area contributed by atoms with E-state index in [4.69, 9.17) is 23.2 Å². The first kappa shape index (κ1) is 18.0. The van der Waals surface area contributed by atoms with Crippen molar-refractivity contribution in [3.63, 3.8) is 0 Å². The molecule has 7 heteroatoms. The molecule has 0 saturated heterocycles. The first-order valence-electron chi connectivity index (χ1n) is 7.59. The number of thioether (sulfide) groups is 1. The van der Waals surface area contributed by atoms with Crippen molar-refractivity contribution in [3.05, 3.63) is 58.2 Å². The third kappa shape index (κ3) is 4.24. The molecule has 0 unspecified atom stereocenters. The monoisotopic (exact) mass is 391 g/mol. The van der Waals surface area contributed by atoms with Crippen LogP contribution in [0.2, 0.25) is 10.0 Å². The number of nitrogens with one attached hydrogen (secondary N) is 1. The van der Waals surface area contributed by atoms with Crippen molar-refractivity contribution in [2.75, 3.05) is 5.32 Å². The van der Waals surface area contributed by atoms with Crippen molar-refractivity contribution < 1.29 is 4.79 Å². The topological polar surface area (TPSA) is 54.9 Å². The Morgan fingerprint density at radius 1 is 1.24 bits per heavy atom. The Morgan fingerprint density at radius 2 is 2.00 bits per heavy atom. The van der Waals surface area contributed by atoms with Gasteiger partial charge in [-0.05, 0) is 37.6 Å². The van der Waals surface area contributed by atoms with Gasteiger partial charge in [0.05, 0.1) is 25.8 Å². The van der Waals surface area contributed by atoms with Crippen molar-refractivity contribution in [3.8, 4) is 0 Å². The van der Waals surface area contributed by atoms with E-state index in [1.54, 1.807) is 0 Å². The van der Waals surface area contributed by atoms with Crippen molar-refractivity contribution in [1.82, 2.24) is 9.97 Å². The lowest BCUT2D eigenvalue weighted by Crippen LogP contribution is -2.23. The number of aryl methyl sites for hydroxylation is 1. The Morgan fingerprint density at radius 3 is 2.76 bits per heavy atom. The summed E-state index contributed by atoms with van der Waals surface area (Å²) in [4.78, 5) is 21.1. The van der Waals surface area contributed by atoms with Gasteiger partial charge in [-0.25, -0.2) is 9.97 Å². The molecule has 1 atom stereocenters. The molecular weight excluding hydrogens is 377 g/mol. The van der Waals surface area contributed by atoms with Crippen LogP contribution in [0.3, 0.4) is 0 Å². The molecule has 0 fully saturated rings. The third-order valence-electron chi connectivity index (χ3n) is 3.62. The molecule has 1 aromatic carbocycles. The van der Waals surface area contributed by atoms with E-state index >= 15 is 0 Å². The lowest BCUT2D eigenvalue weighted by Gasteiger charge is -2.13. The van der Waals surface area contributed by atoms with E-state index in [0.29, 0.717) is 15.9 Å². The van der Waals surface area contributed by atoms with E-state index in [1.807, 2.05) is 44.2 Å². The minimum absolute atomic E-state index is 0.200. The normalized spacial score (nSPS) is 12.2. The molecule has 2 heterocycles. The van der Waals surface area contributed by atoms with Gasteiger partial charge in [-0.3, -0.25) is 4.79 Å². The average molecular weight is 392 g/mol. The lowest BCUT2D eigenvalue weighted by molar-refractivity contribution is -0.115. The Balaban J connectivity index is 1.75. The molecular formula is C18H15Cl2N3OS. The zero-order valence-electron chi connectivity index (χ0n) is 13.6. The molecule has 3 rings (SSSR count). The molecule has 0 spiro atoms. The highest BCUT2D eigenvalue weighted by molar-refractivity contribution is 8.00. The van der Waals surface area contributed by atoms with E-state index in [0.717, 1.165) is 21.5 Å². The average Bonchev–Trinajstić information content (AvgIpc) is 2.57. The van der Waals surface area contributed by atoms with Crippen LogP contribution in [0.25, 0.3) is 10.9 Å². The largest absolute Gasteiger partial charge is 0.308 e. The summed E-state index contributed by atoms with van der Waals surface area (Å²) in [6.07, 6.45) is 1.44. The number of anilines is 1. The first-order chi connectivity index (χ1) is 11.9. The highest BCUT2D eigenvalue weighted by Crippen LogP contribution is 2.28. The number of rotatable bonds is 4. The summed E-state index contributed by atoms with van der Waals surface area (Å²) in [6.45, 7) is 3.85. The summed E-state index contributed by atoms with van der Waals surface area (Å²) >= 11 is 13.2. The minimum atomic E-state index is -0.360. The molecule has 25 heavy (non-hydrogen) atoms. The molecule has 2 aromatic heterocycles. The summed E-state index contributed by atoms with van der Waals surface area (Å²) in [5, 5.41) is 4.99. The molecule has 128 valence electrons. The Labute approximate surface area is 160 Å². The first-order valence-corrected chi connectivity index (χ1v) is 9.22. The van der Waals surface area contributed by atoms with E-state index in [2.05, 4.69) is 15.3 Å². The number of hydrogen-bond acceptors (Lipinski definition) is 4. The number of nitrogens with zero attached hydrogens (tertiary/aromatic N) is 2. The van der Waals surface area contributed by atoms with Gasteiger partial charge in [0, 0.05) is 11.6 Å². The number of carbonyl (C=O) groups is 1. The number of benzene rings is 1. The number of halogens is 2. The Bertz CT molecular complexity index is 949. The van der Waals surface area contributed by atoms with Gasteiger partial charge >= 0.3 is 0 Å². The van der Waals surface area contributed by atoms with E-state index in [1.165, 1.54) is 24.0 Å². The van der Waals surface area contributed by atoms with Crippen LogP contribution in [0.4, 0.5) is 5.82 Å². The zero-order chi connectivity index (χ0) is 18.0. The van der Waals surface area contributed by atoms with Gasteiger partial charge in [0.15, 0.2) is 5.82 Å². The SMILES string of the molecule is Cc1cc(S[C@H](C)C(=O)Nc2ncc(Cl)cc2Cl)nc2ccccc12. The van der Waals surface area contributed by atoms with Crippen LogP contribution >= 0.6 is 35.0 Å². The molecule has 0 aliphatic carbocycles. The molecule has 1 amide bonds. The summed E-state index contributed by atoms with van der Waals surface area (Å²) in [7, 11) is 0. The van der Waals surface area contributed by atoms with Crippen molar-refractivity contribution in [2.45, 2.75) is 24.1 Å². The van der Waals surface area contributed by atoms with Gasteiger partial charge < -0.3 is 5.32 Å². The number of pyridine rings is 2. The van der Waals surface area contributed by atoms with Crippen molar-refractivity contribution >= 4 is 57.6 Å². The third-order valence-corrected chi connectivity index (χ3v) is 5.13. The predicted molar refractivity (Wildman–Crippen MR) is 105 cm³/mol. The predicted octanol–water partition coefficient (Wildman–Crippen LogP) is 5.36. The number of para-hydroxylation sites is 1. The zero-order valence-corrected chi connectivity index (χ0v) is 15.9. The van der Waals surface area contributed by atoms with Crippen molar-refractivity contribution in [1.29, 1.82) is 0 Å². The summed E-state index contributed by atoms with van der Waals surface area (Å²) in [6, 6.07) is 11.5. The fourth-order valence-electron chi connectivity index (χ4n) is 2.34. The van der Waals surface area contributed by atoms with Crippen LogP contribution in [0.5, 0.6) is 0 Å². The summed E-state index contributed by atoms with van der Waals surface area (Å²) in [5.74, 6) is 0.0977. The molecule has 3 aromatic rings. The molecule has 4 nitrogen and oxygen atoms in total. The van der Waals surface area contributed by atoms with Gasteiger partial charge in [-0.1, -0.05) is 53.2 Å². The number of amides is 1. The quantitative estimate of drug-likeness (QED) is 0.607. The highest BCUT2D eigenvalue weighted by atomic mass is 35.5. The summed E-state index contributed by atoms with van der Waals surface area (Å²) < 4.78 is 0. The number of fused-ring (bicyclic) bond motifs is 1. The molecule has 0 aliphatic rings. The van der Waals surface area contributed by atoms with Gasteiger partial charge in [-0.2, -0.15) is 0 Å². The molecule has 0 aliphatic heterocycles. The fourth-order valence-corrected chi connectivity index (χ4v) is 3.69. The van der Waals surface area contributed by atoms with E-state index in [-0.39, 0.29) is 11.2 Å². The van der Waals surface area contributed by atoms with Crippen LogP contribution in [-0.2, 0) is 4.79 Å². The van der Waals surface area contributed by atoms with Gasteiger partial charge in [0.25, 0.3) is 0 Å². The smallest absolute Gasteiger partial charge is 0.238 e. The maximum Gasteiger partial charge on any atom is 0.238 e. The van der Waals surface area contributed by atoms with Crippen LogP contribution < -0.4 is 5.32 Å². The number of carbonyl (C=O) groups excluding carboxylic acids is 1. The van der Waals surface area contributed by atoms with E-state index in [9.17, 15) is 4.79 Å². The van der Waals surface area contributed by atoms with Crippen LogP contribution in [0, 0.1) is 6.92 Å². The second kappa shape index (κ2) is 7.60. The van der Waals surface area contributed by atoms with Crippen molar-refractivity contribution in [2.24, 2.45) is 0 Å². The van der Waals surface area contributed by atoms with Gasteiger partial charge in [0.2, 0.25) is 5.91 Å². The molecule has 1 N–H and O–H groups in total. The Hall–Kier alpha value is -1.82. The van der Waals surface area contributed by atoms with Gasteiger partial charge in [0.1, 0.15) is 0 Å². The van der Waals surface area contributed by atoms with E-state index < -0.39 is 0 Å².